The molecule has 0 saturated carbocycles. The van der Waals surface area contributed by atoms with Gasteiger partial charge in [-0.3, -0.25) is 4.79 Å². The highest BCUT2D eigenvalue weighted by Gasteiger charge is 2.01. The Kier molecular flexibility index (Phi) is 8.35. The van der Waals surface area contributed by atoms with Crippen molar-refractivity contribution in [3.8, 4) is 11.5 Å². The maximum absolute atomic E-state index is 11.9. The molecule has 0 bridgehead atoms. The third-order valence-electron chi connectivity index (χ3n) is 4.19. The molecule has 0 unspecified atom stereocenters. The highest BCUT2D eigenvalue weighted by molar-refractivity contribution is 7.99. The van der Waals surface area contributed by atoms with Gasteiger partial charge in [-0.1, -0.05) is 42.5 Å². The number of ether oxygens (including phenoxy) is 2. The topological polar surface area (TPSA) is 59.9 Å². The minimum Gasteiger partial charge on any atom is -0.497 e. The third kappa shape index (κ3) is 7.29. The van der Waals surface area contributed by atoms with Crippen molar-refractivity contribution in [3.05, 3.63) is 95.6 Å². The standard InChI is InChI=1S/C24H24N2O3S/c1-28-22-11-9-21(10-12-22)17-30-18-24(27)26-25-15-19-7-13-23(14-8-19)29-16-20-5-3-2-4-6-20/h2-15H,16-18H2,1H3,(H,26,27)/b25-15+. The number of thioether (sulfide) groups is 1. The molecule has 6 heteroatoms. The van der Waals surface area contributed by atoms with E-state index in [1.54, 1.807) is 13.3 Å². The summed E-state index contributed by atoms with van der Waals surface area (Å²) in [6.07, 6.45) is 1.62. The number of amides is 1. The SMILES string of the molecule is COc1ccc(CSCC(=O)N/N=C/c2ccc(OCc3ccccc3)cc2)cc1. The van der Waals surface area contributed by atoms with Gasteiger partial charge in [-0.25, -0.2) is 5.43 Å². The van der Waals surface area contributed by atoms with Crippen molar-refractivity contribution < 1.29 is 14.3 Å². The number of methoxy groups -OCH3 is 1. The van der Waals surface area contributed by atoms with Crippen molar-refractivity contribution in [2.24, 2.45) is 5.10 Å². The summed E-state index contributed by atoms with van der Waals surface area (Å²) in [5.41, 5.74) is 5.70. The van der Waals surface area contributed by atoms with E-state index in [1.807, 2.05) is 78.9 Å². The molecule has 0 aromatic heterocycles. The molecule has 1 N–H and O–H groups in total. The average Bonchev–Trinajstić information content (AvgIpc) is 2.80. The lowest BCUT2D eigenvalue weighted by Gasteiger charge is -2.06. The second kappa shape index (κ2) is 11.7. The Labute approximate surface area is 181 Å². The summed E-state index contributed by atoms with van der Waals surface area (Å²) >= 11 is 1.54. The molecule has 0 atom stereocenters. The smallest absolute Gasteiger partial charge is 0.250 e. The van der Waals surface area contributed by atoms with Crippen LogP contribution in [0.3, 0.4) is 0 Å². The average molecular weight is 421 g/mol. The quantitative estimate of drug-likeness (QED) is 0.383. The maximum Gasteiger partial charge on any atom is 0.250 e. The summed E-state index contributed by atoms with van der Waals surface area (Å²) in [6.45, 7) is 0.526. The first-order chi connectivity index (χ1) is 14.7. The number of hydrogen-bond donors (Lipinski definition) is 1. The van der Waals surface area contributed by atoms with Crippen LogP contribution in [0.1, 0.15) is 16.7 Å². The lowest BCUT2D eigenvalue weighted by molar-refractivity contribution is -0.118. The van der Waals surface area contributed by atoms with Gasteiger partial charge in [-0.05, 0) is 53.1 Å². The van der Waals surface area contributed by atoms with Crippen LogP contribution in [0.5, 0.6) is 11.5 Å². The normalized spacial score (nSPS) is 10.7. The monoisotopic (exact) mass is 420 g/mol. The van der Waals surface area contributed by atoms with Crippen LogP contribution in [0.25, 0.3) is 0 Å². The molecule has 154 valence electrons. The Morgan fingerprint density at radius 3 is 2.33 bits per heavy atom. The first-order valence-electron chi connectivity index (χ1n) is 9.52. The third-order valence-corrected chi connectivity index (χ3v) is 5.20. The number of carbonyl (C=O) groups excluding carboxylic acids is 1. The maximum atomic E-state index is 11.9. The van der Waals surface area contributed by atoms with Crippen molar-refractivity contribution in [3.63, 3.8) is 0 Å². The van der Waals surface area contributed by atoms with Gasteiger partial charge in [-0.15, -0.1) is 11.8 Å². The summed E-state index contributed by atoms with van der Waals surface area (Å²) in [7, 11) is 1.64. The lowest BCUT2D eigenvalue weighted by atomic mass is 10.2. The molecular weight excluding hydrogens is 396 g/mol. The molecule has 5 nitrogen and oxygen atoms in total. The zero-order valence-electron chi connectivity index (χ0n) is 16.8. The fraction of sp³-hybridized carbons (Fsp3) is 0.167. The lowest BCUT2D eigenvalue weighted by Crippen LogP contribution is -2.19. The zero-order chi connectivity index (χ0) is 21.0. The molecule has 30 heavy (non-hydrogen) atoms. The number of nitrogens with zero attached hydrogens (tertiary/aromatic N) is 1. The zero-order valence-corrected chi connectivity index (χ0v) is 17.6. The fourth-order valence-electron chi connectivity index (χ4n) is 2.59. The van der Waals surface area contributed by atoms with E-state index in [2.05, 4.69) is 10.5 Å². The Morgan fingerprint density at radius 1 is 0.933 bits per heavy atom. The molecule has 0 aliphatic carbocycles. The van der Waals surface area contributed by atoms with E-state index in [0.29, 0.717) is 12.4 Å². The van der Waals surface area contributed by atoms with Crippen LogP contribution in [0.2, 0.25) is 0 Å². The molecular formula is C24H24N2O3S. The van der Waals surface area contributed by atoms with Crippen LogP contribution >= 0.6 is 11.8 Å². The van der Waals surface area contributed by atoms with Gasteiger partial charge in [0.2, 0.25) is 5.91 Å². The van der Waals surface area contributed by atoms with Crippen molar-refractivity contribution in [1.29, 1.82) is 0 Å². The first-order valence-corrected chi connectivity index (χ1v) is 10.7. The van der Waals surface area contributed by atoms with Crippen LogP contribution in [0, 0.1) is 0 Å². The fourth-order valence-corrected chi connectivity index (χ4v) is 3.37. The molecule has 0 aliphatic heterocycles. The summed E-state index contributed by atoms with van der Waals surface area (Å²) in [4.78, 5) is 11.9. The predicted molar refractivity (Wildman–Crippen MR) is 122 cm³/mol. The van der Waals surface area contributed by atoms with E-state index in [0.717, 1.165) is 33.9 Å². The van der Waals surface area contributed by atoms with Crippen LogP contribution in [-0.4, -0.2) is 25.0 Å². The first kappa shape index (κ1) is 21.5. The molecule has 3 aromatic rings. The molecule has 0 saturated heterocycles. The van der Waals surface area contributed by atoms with Gasteiger partial charge < -0.3 is 9.47 Å². The van der Waals surface area contributed by atoms with Gasteiger partial charge in [0.05, 0.1) is 19.1 Å². The largest absolute Gasteiger partial charge is 0.497 e. The number of hydrazone groups is 1. The summed E-state index contributed by atoms with van der Waals surface area (Å²) in [5.74, 6) is 2.58. The highest BCUT2D eigenvalue weighted by atomic mass is 32.2. The highest BCUT2D eigenvalue weighted by Crippen LogP contribution is 2.16. The van der Waals surface area contributed by atoms with E-state index in [4.69, 9.17) is 9.47 Å². The number of benzene rings is 3. The number of carbonyl (C=O) groups is 1. The van der Waals surface area contributed by atoms with E-state index < -0.39 is 0 Å². The van der Waals surface area contributed by atoms with E-state index in [9.17, 15) is 4.79 Å². The second-order valence-corrected chi connectivity index (χ2v) is 7.46. The van der Waals surface area contributed by atoms with Crippen molar-refractivity contribution in [1.82, 2.24) is 5.43 Å². The molecule has 0 fully saturated rings. The van der Waals surface area contributed by atoms with Gasteiger partial charge >= 0.3 is 0 Å². The number of hydrogen-bond acceptors (Lipinski definition) is 5. The number of nitrogens with one attached hydrogen (secondary N) is 1. The van der Waals surface area contributed by atoms with Gasteiger partial charge in [0.25, 0.3) is 0 Å². The van der Waals surface area contributed by atoms with E-state index in [1.165, 1.54) is 11.8 Å². The van der Waals surface area contributed by atoms with Gasteiger partial charge in [-0.2, -0.15) is 5.10 Å². The predicted octanol–water partition coefficient (Wildman–Crippen LogP) is 4.66. The molecule has 0 heterocycles. The summed E-state index contributed by atoms with van der Waals surface area (Å²) in [5, 5.41) is 4.02. The number of rotatable bonds is 10. The van der Waals surface area contributed by atoms with Crippen LogP contribution in [0.4, 0.5) is 0 Å². The van der Waals surface area contributed by atoms with E-state index in [-0.39, 0.29) is 5.91 Å². The molecule has 1 amide bonds. The Bertz CT molecular complexity index is 942. The van der Waals surface area contributed by atoms with Crippen LogP contribution in [0.15, 0.2) is 84.0 Å². The van der Waals surface area contributed by atoms with Crippen LogP contribution < -0.4 is 14.9 Å². The van der Waals surface area contributed by atoms with Crippen molar-refractivity contribution in [2.75, 3.05) is 12.9 Å². The Hall–Kier alpha value is -3.25. The molecule has 0 spiro atoms. The summed E-state index contributed by atoms with van der Waals surface area (Å²) in [6, 6.07) is 25.4. The Balaban J connectivity index is 1.36. The van der Waals surface area contributed by atoms with E-state index >= 15 is 0 Å². The second-order valence-electron chi connectivity index (χ2n) is 6.48. The molecule has 3 aromatic carbocycles. The van der Waals surface area contributed by atoms with Gasteiger partial charge in [0, 0.05) is 5.75 Å². The molecule has 3 rings (SSSR count). The van der Waals surface area contributed by atoms with Crippen LogP contribution in [-0.2, 0) is 17.2 Å². The van der Waals surface area contributed by atoms with Crippen molar-refractivity contribution >= 4 is 23.9 Å². The molecule has 0 radical (unpaired) electrons. The van der Waals surface area contributed by atoms with Crippen molar-refractivity contribution in [2.45, 2.75) is 12.4 Å². The Morgan fingerprint density at radius 2 is 1.63 bits per heavy atom. The van der Waals surface area contributed by atoms with Gasteiger partial charge in [0.1, 0.15) is 18.1 Å². The van der Waals surface area contributed by atoms with Gasteiger partial charge in [0.15, 0.2) is 0 Å². The summed E-state index contributed by atoms with van der Waals surface area (Å²) < 4.78 is 10.9. The minimum absolute atomic E-state index is 0.132. The minimum atomic E-state index is -0.132. The molecule has 0 aliphatic rings.